The van der Waals surface area contributed by atoms with Crippen LogP contribution in [0.1, 0.15) is 39.0 Å². The number of sulfonamides is 2. The lowest BCUT2D eigenvalue weighted by molar-refractivity contribution is -0.0287. The topological polar surface area (TPSA) is 116 Å². The van der Waals surface area contributed by atoms with Crippen molar-refractivity contribution in [1.82, 2.24) is 9.21 Å². The SMILES string of the molecule is CCCCOC(=O)N1CCC12CCN(c1c(F)cccc1NS(=O)(=O)c1ccc(S(=O)(=O)N(C)C)cc1)CC2. The Labute approximate surface area is 229 Å². The molecule has 0 unspecified atom stereocenters. The molecule has 0 bridgehead atoms. The van der Waals surface area contributed by atoms with E-state index in [1.165, 1.54) is 56.6 Å². The number of unbranched alkanes of at least 4 members (excludes halogenated alkanes) is 1. The predicted octanol–water partition coefficient (Wildman–Crippen LogP) is 3.86. The van der Waals surface area contributed by atoms with Crippen molar-refractivity contribution in [3.05, 3.63) is 48.3 Å². The summed E-state index contributed by atoms with van der Waals surface area (Å²) in [4.78, 5) is 15.9. The standard InChI is InChI=1S/C26H35FN4O6S2/c1-4-5-19-37-25(32)31-18-15-26(31)13-16-30(17-14-26)24-22(27)7-6-8-23(24)28-38(33,34)20-9-11-21(12-10-20)39(35,36)29(2)3/h6-12,28H,4-5,13-19H2,1-3H3. The van der Waals surface area contributed by atoms with Crippen molar-refractivity contribution >= 4 is 37.5 Å². The molecule has 39 heavy (non-hydrogen) atoms. The van der Waals surface area contributed by atoms with Gasteiger partial charge in [-0.25, -0.2) is 30.3 Å². The molecule has 4 rings (SSSR count). The molecule has 2 heterocycles. The van der Waals surface area contributed by atoms with E-state index in [4.69, 9.17) is 4.74 Å². The number of hydrogen-bond donors (Lipinski definition) is 1. The highest BCUT2D eigenvalue weighted by molar-refractivity contribution is 7.92. The van der Waals surface area contributed by atoms with Crippen molar-refractivity contribution in [3.8, 4) is 0 Å². The van der Waals surface area contributed by atoms with Gasteiger partial charge >= 0.3 is 6.09 Å². The minimum absolute atomic E-state index is 0.0422. The lowest BCUT2D eigenvalue weighted by Gasteiger charge is -2.55. The second-order valence-corrected chi connectivity index (χ2v) is 13.9. The molecular weight excluding hydrogens is 547 g/mol. The zero-order valence-electron chi connectivity index (χ0n) is 22.4. The van der Waals surface area contributed by atoms with Gasteiger partial charge in [0, 0.05) is 33.7 Å². The number of likely N-dealkylation sites (tertiary alicyclic amines) is 1. The fourth-order valence-electron chi connectivity index (χ4n) is 5.00. The summed E-state index contributed by atoms with van der Waals surface area (Å²) in [5, 5.41) is 0. The van der Waals surface area contributed by atoms with Gasteiger partial charge in [-0.15, -0.1) is 0 Å². The van der Waals surface area contributed by atoms with Crippen LogP contribution in [0.15, 0.2) is 52.3 Å². The van der Waals surface area contributed by atoms with Crippen LogP contribution >= 0.6 is 0 Å². The Morgan fingerprint density at radius 1 is 1.00 bits per heavy atom. The lowest BCUT2D eigenvalue weighted by Crippen LogP contribution is -2.66. The van der Waals surface area contributed by atoms with E-state index in [0.29, 0.717) is 39.1 Å². The van der Waals surface area contributed by atoms with E-state index in [1.54, 1.807) is 9.80 Å². The summed E-state index contributed by atoms with van der Waals surface area (Å²) < 4.78 is 75.0. The highest BCUT2D eigenvalue weighted by Gasteiger charge is 2.50. The summed E-state index contributed by atoms with van der Waals surface area (Å²) in [6.45, 7) is 3.92. The van der Waals surface area contributed by atoms with Gasteiger partial charge in [0.2, 0.25) is 10.0 Å². The molecule has 0 radical (unpaired) electrons. The zero-order chi connectivity index (χ0) is 28.4. The van der Waals surface area contributed by atoms with Crippen molar-refractivity contribution in [2.75, 3.05) is 50.0 Å². The number of benzene rings is 2. The van der Waals surface area contributed by atoms with Gasteiger partial charge in [-0.3, -0.25) is 4.72 Å². The van der Waals surface area contributed by atoms with E-state index < -0.39 is 25.9 Å². The molecule has 2 aromatic rings. The van der Waals surface area contributed by atoms with Gasteiger partial charge in [0.25, 0.3) is 10.0 Å². The van der Waals surface area contributed by atoms with Gasteiger partial charge in [-0.05, 0) is 62.1 Å². The molecule has 0 saturated carbocycles. The summed E-state index contributed by atoms with van der Waals surface area (Å²) in [7, 11) is -5.09. The van der Waals surface area contributed by atoms with Gasteiger partial charge in [0.15, 0.2) is 0 Å². The van der Waals surface area contributed by atoms with E-state index in [2.05, 4.69) is 4.72 Å². The maximum atomic E-state index is 15.1. The number of para-hydroxylation sites is 1. The van der Waals surface area contributed by atoms with Gasteiger partial charge < -0.3 is 14.5 Å². The molecule has 2 aliphatic heterocycles. The summed E-state index contributed by atoms with van der Waals surface area (Å²) in [5.41, 5.74) is -0.0983. The third-order valence-electron chi connectivity index (χ3n) is 7.47. The Kier molecular flexibility index (Phi) is 8.43. The molecule has 1 spiro atoms. The van der Waals surface area contributed by atoms with Crippen molar-refractivity contribution < 1.29 is 30.8 Å². The van der Waals surface area contributed by atoms with Crippen molar-refractivity contribution in [2.45, 2.75) is 54.4 Å². The first-order valence-electron chi connectivity index (χ1n) is 12.9. The van der Waals surface area contributed by atoms with Crippen LogP contribution in [0.25, 0.3) is 0 Å². The largest absolute Gasteiger partial charge is 0.449 e. The Hall–Kier alpha value is -2.90. The Morgan fingerprint density at radius 2 is 1.62 bits per heavy atom. The zero-order valence-corrected chi connectivity index (χ0v) is 24.0. The quantitative estimate of drug-likeness (QED) is 0.447. The van der Waals surface area contributed by atoms with Crippen molar-refractivity contribution in [1.29, 1.82) is 0 Å². The summed E-state index contributed by atoms with van der Waals surface area (Å²) >= 11 is 0. The number of nitrogens with zero attached hydrogens (tertiary/aromatic N) is 3. The lowest BCUT2D eigenvalue weighted by atomic mass is 9.76. The third kappa shape index (κ3) is 5.85. The summed E-state index contributed by atoms with van der Waals surface area (Å²) in [6.07, 6.45) is 3.50. The Bertz CT molecular complexity index is 1410. The molecule has 2 saturated heterocycles. The van der Waals surface area contributed by atoms with Crippen molar-refractivity contribution in [3.63, 3.8) is 0 Å². The average molecular weight is 583 g/mol. The first kappa shape index (κ1) is 29.1. The molecule has 1 amide bonds. The number of halogens is 1. The number of carbonyl (C=O) groups is 1. The van der Waals surface area contributed by atoms with Gasteiger partial charge in [-0.1, -0.05) is 19.4 Å². The Balaban J connectivity index is 1.49. The van der Waals surface area contributed by atoms with Crippen molar-refractivity contribution in [2.24, 2.45) is 0 Å². The van der Waals surface area contributed by atoms with Crippen LogP contribution in [0.2, 0.25) is 0 Å². The summed E-state index contributed by atoms with van der Waals surface area (Å²) in [5.74, 6) is -0.567. The normalized spacial score (nSPS) is 17.3. The maximum Gasteiger partial charge on any atom is 0.410 e. The van der Waals surface area contributed by atoms with Crippen LogP contribution in [-0.2, 0) is 24.8 Å². The fraction of sp³-hybridized carbons (Fsp3) is 0.500. The second kappa shape index (κ2) is 11.3. The van der Waals surface area contributed by atoms with E-state index in [1.807, 2.05) is 6.92 Å². The predicted molar refractivity (Wildman–Crippen MR) is 146 cm³/mol. The molecule has 1 N–H and O–H groups in total. The van der Waals surface area contributed by atoms with E-state index in [9.17, 15) is 21.6 Å². The van der Waals surface area contributed by atoms with Crippen LogP contribution in [0.4, 0.5) is 20.6 Å². The van der Waals surface area contributed by atoms with Gasteiger partial charge in [0.05, 0.1) is 33.3 Å². The van der Waals surface area contributed by atoms with Crippen LogP contribution in [-0.4, -0.2) is 78.0 Å². The van der Waals surface area contributed by atoms with Crippen LogP contribution in [0.3, 0.4) is 0 Å². The molecule has 2 aromatic carbocycles. The van der Waals surface area contributed by atoms with Crippen LogP contribution < -0.4 is 9.62 Å². The molecule has 214 valence electrons. The third-order valence-corrected chi connectivity index (χ3v) is 10.7. The molecule has 0 atom stereocenters. The number of piperidine rings is 1. The maximum absolute atomic E-state index is 15.1. The molecule has 2 fully saturated rings. The number of anilines is 2. The Morgan fingerprint density at radius 3 is 2.18 bits per heavy atom. The minimum Gasteiger partial charge on any atom is -0.449 e. The number of hydrogen-bond acceptors (Lipinski definition) is 7. The monoisotopic (exact) mass is 582 g/mol. The van der Waals surface area contributed by atoms with Gasteiger partial charge in [0.1, 0.15) is 5.82 Å². The number of nitrogens with one attached hydrogen (secondary N) is 1. The first-order valence-corrected chi connectivity index (χ1v) is 15.9. The highest BCUT2D eigenvalue weighted by atomic mass is 32.2. The molecule has 0 aromatic heterocycles. The van der Waals surface area contributed by atoms with E-state index >= 15 is 4.39 Å². The molecule has 2 aliphatic rings. The number of ether oxygens (including phenoxy) is 1. The number of amides is 1. The number of rotatable bonds is 9. The van der Waals surface area contributed by atoms with E-state index in [-0.39, 0.29) is 32.8 Å². The van der Waals surface area contributed by atoms with E-state index in [0.717, 1.165) is 23.6 Å². The first-order chi connectivity index (χ1) is 18.4. The highest BCUT2D eigenvalue weighted by Crippen LogP contribution is 2.43. The smallest absolute Gasteiger partial charge is 0.410 e. The molecule has 10 nitrogen and oxygen atoms in total. The molecule has 13 heteroatoms. The van der Waals surface area contributed by atoms with Gasteiger partial charge in [-0.2, -0.15) is 0 Å². The molecule has 0 aliphatic carbocycles. The second-order valence-electron chi connectivity index (χ2n) is 10.1. The summed E-state index contributed by atoms with van der Waals surface area (Å²) in [6, 6.07) is 9.04. The van der Waals surface area contributed by atoms with Crippen LogP contribution in [0, 0.1) is 5.82 Å². The number of carbonyl (C=O) groups excluding carboxylic acids is 1. The average Bonchev–Trinajstić information content (AvgIpc) is 2.88. The van der Waals surface area contributed by atoms with Crippen LogP contribution in [0.5, 0.6) is 0 Å². The fourth-order valence-corrected chi connectivity index (χ4v) is 6.97. The molecular formula is C26H35FN4O6S2. The minimum atomic E-state index is -4.14.